The Balaban J connectivity index is 1.69. The minimum atomic E-state index is -0.172. The van der Waals surface area contributed by atoms with Gasteiger partial charge in [-0.25, -0.2) is 0 Å². The van der Waals surface area contributed by atoms with Crippen molar-refractivity contribution in [2.45, 2.75) is 44.0 Å². The van der Waals surface area contributed by atoms with E-state index in [1.165, 1.54) is 11.8 Å². The van der Waals surface area contributed by atoms with Crippen molar-refractivity contribution in [1.29, 1.82) is 0 Å². The SMILES string of the molecule is CCOc1ccc(-n2c(SCc3nc(C(C)(C)C)no3)nnc2-c2cccc(OC)c2)cc1. The van der Waals surface area contributed by atoms with Crippen LogP contribution < -0.4 is 9.47 Å². The van der Waals surface area contributed by atoms with E-state index >= 15 is 0 Å². The average molecular weight is 466 g/mol. The fraction of sp³-hybridized carbons (Fsp3) is 0.333. The molecule has 0 amide bonds. The predicted molar refractivity (Wildman–Crippen MR) is 127 cm³/mol. The van der Waals surface area contributed by atoms with Gasteiger partial charge in [0.15, 0.2) is 16.8 Å². The molecule has 0 aliphatic heterocycles. The summed E-state index contributed by atoms with van der Waals surface area (Å²) in [6.07, 6.45) is 0. The lowest BCUT2D eigenvalue weighted by Crippen LogP contribution is -2.13. The molecular formula is C24H27N5O3S. The Labute approximate surface area is 197 Å². The molecular weight excluding hydrogens is 438 g/mol. The van der Waals surface area contributed by atoms with Gasteiger partial charge >= 0.3 is 0 Å². The quantitative estimate of drug-likeness (QED) is 0.323. The Morgan fingerprint density at radius 3 is 2.48 bits per heavy atom. The van der Waals surface area contributed by atoms with Gasteiger partial charge in [-0.15, -0.1) is 10.2 Å². The second kappa shape index (κ2) is 9.66. The van der Waals surface area contributed by atoms with Gasteiger partial charge < -0.3 is 14.0 Å². The molecule has 0 saturated carbocycles. The molecule has 2 aromatic carbocycles. The van der Waals surface area contributed by atoms with Crippen molar-refractivity contribution < 1.29 is 14.0 Å². The maximum Gasteiger partial charge on any atom is 0.237 e. The summed E-state index contributed by atoms with van der Waals surface area (Å²) in [7, 11) is 1.65. The molecule has 4 aromatic rings. The molecule has 0 aliphatic carbocycles. The third-order valence-corrected chi connectivity index (χ3v) is 5.74. The van der Waals surface area contributed by atoms with Gasteiger partial charge in [0.2, 0.25) is 5.89 Å². The van der Waals surface area contributed by atoms with E-state index in [1.54, 1.807) is 7.11 Å². The summed E-state index contributed by atoms with van der Waals surface area (Å²) in [5.74, 6) is 3.99. The van der Waals surface area contributed by atoms with Crippen LogP contribution in [0.25, 0.3) is 17.1 Å². The molecule has 2 heterocycles. The molecule has 0 spiro atoms. The molecule has 0 unspecified atom stereocenters. The number of methoxy groups -OCH3 is 1. The van der Waals surface area contributed by atoms with E-state index in [-0.39, 0.29) is 5.41 Å². The second-order valence-electron chi connectivity index (χ2n) is 8.35. The van der Waals surface area contributed by atoms with E-state index in [9.17, 15) is 0 Å². The molecule has 0 saturated heterocycles. The maximum atomic E-state index is 5.60. The Morgan fingerprint density at radius 1 is 1.03 bits per heavy atom. The van der Waals surface area contributed by atoms with Crippen molar-refractivity contribution in [3.05, 3.63) is 60.2 Å². The maximum absolute atomic E-state index is 5.60. The van der Waals surface area contributed by atoms with Crippen LogP contribution in [0.15, 0.2) is 58.2 Å². The van der Waals surface area contributed by atoms with Crippen LogP contribution in [0, 0.1) is 0 Å². The number of aromatic nitrogens is 5. The first kappa shape index (κ1) is 22.8. The van der Waals surface area contributed by atoms with Gasteiger partial charge in [0.25, 0.3) is 0 Å². The van der Waals surface area contributed by atoms with Crippen LogP contribution >= 0.6 is 11.8 Å². The second-order valence-corrected chi connectivity index (χ2v) is 9.29. The fourth-order valence-corrected chi connectivity index (χ4v) is 3.94. The van der Waals surface area contributed by atoms with Crippen molar-refractivity contribution in [2.75, 3.05) is 13.7 Å². The summed E-state index contributed by atoms with van der Waals surface area (Å²) in [4.78, 5) is 4.53. The molecule has 8 nitrogen and oxygen atoms in total. The Morgan fingerprint density at radius 2 is 1.82 bits per heavy atom. The standard InChI is InChI=1S/C24H27N5O3S/c1-6-31-18-12-10-17(11-13-18)29-21(16-8-7-9-19(14-16)30-5)26-27-23(29)33-15-20-25-22(28-32-20)24(2,3)4/h7-14H,6,15H2,1-5H3. The summed E-state index contributed by atoms with van der Waals surface area (Å²) in [5.41, 5.74) is 1.65. The summed E-state index contributed by atoms with van der Waals surface area (Å²) in [6.45, 7) is 8.74. The molecule has 9 heteroatoms. The zero-order chi connectivity index (χ0) is 23.4. The largest absolute Gasteiger partial charge is 0.497 e. The van der Waals surface area contributed by atoms with Gasteiger partial charge in [0, 0.05) is 16.7 Å². The first-order valence-corrected chi connectivity index (χ1v) is 11.7. The lowest BCUT2D eigenvalue weighted by molar-refractivity contribution is 0.340. The Bertz CT molecular complexity index is 1210. The van der Waals surface area contributed by atoms with Gasteiger partial charge in [-0.05, 0) is 43.3 Å². The van der Waals surface area contributed by atoms with E-state index in [0.29, 0.717) is 35.1 Å². The number of ether oxygens (including phenoxy) is 2. The van der Waals surface area contributed by atoms with Crippen LogP contribution in [0.1, 0.15) is 39.4 Å². The molecule has 0 atom stereocenters. The lowest BCUT2D eigenvalue weighted by Gasteiger charge is -2.12. The van der Waals surface area contributed by atoms with Gasteiger partial charge in [-0.1, -0.05) is 49.8 Å². The first-order valence-electron chi connectivity index (χ1n) is 10.7. The monoisotopic (exact) mass is 465 g/mol. The van der Waals surface area contributed by atoms with Gasteiger partial charge in [-0.3, -0.25) is 4.57 Å². The number of thioether (sulfide) groups is 1. The molecule has 2 aromatic heterocycles. The van der Waals surface area contributed by atoms with Crippen LogP contribution in [0.4, 0.5) is 0 Å². The number of nitrogens with zero attached hydrogens (tertiary/aromatic N) is 5. The van der Waals surface area contributed by atoms with Crippen LogP contribution in [0.3, 0.4) is 0 Å². The van der Waals surface area contributed by atoms with E-state index in [4.69, 9.17) is 14.0 Å². The number of hydrogen-bond acceptors (Lipinski definition) is 8. The highest BCUT2D eigenvalue weighted by molar-refractivity contribution is 7.98. The predicted octanol–water partition coefficient (Wildman–Crippen LogP) is 5.31. The van der Waals surface area contributed by atoms with Crippen molar-refractivity contribution in [1.82, 2.24) is 24.9 Å². The topological polar surface area (TPSA) is 88.1 Å². The van der Waals surface area contributed by atoms with Crippen molar-refractivity contribution in [2.24, 2.45) is 0 Å². The third kappa shape index (κ3) is 5.19. The zero-order valence-electron chi connectivity index (χ0n) is 19.4. The van der Waals surface area contributed by atoms with Crippen LogP contribution in [-0.4, -0.2) is 38.6 Å². The smallest absolute Gasteiger partial charge is 0.237 e. The number of benzene rings is 2. The van der Waals surface area contributed by atoms with Crippen LogP contribution in [0.5, 0.6) is 11.5 Å². The molecule has 0 N–H and O–H groups in total. The molecule has 4 rings (SSSR count). The number of rotatable bonds is 8. The molecule has 172 valence electrons. The fourth-order valence-electron chi connectivity index (χ4n) is 3.15. The molecule has 0 aliphatic rings. The van der Waals surface area contributed by atoms with Gasteiger partial charge in [0.1, 0.15) is 11.5 Å². The lowest BCUT2D eigenvalue weighted by atomic mass is 9.96. The average Bonchev–Trinajstić information content (AvgIpc) is 3.46. The summed E-state index contributed by atoms with van der Waals surface area (Å²) >= 11 is 1.49. The Kier molecular flexibility index (Phi) is 6.69. The molecule has 33 heavy (non-hydrogen) atoms. The highest BCUT2D eigenvalue weighted by atomic mass is 32.2. The van der Waals surface area contributed by atoms with E-state index < -0.39 is 0 Å². The third-order valence-electron chi connectivity index (χ3n) is 4.83. The van der Waals surface area contributed by atoms with Crippen LogP contribution in [-0.2, 0) is 11.2 Å². The van der Waals surface area contributed by atoms with Crippen molar-refractivity contribution >= 4 is 11.8 Å². The van der Waals surface area contributed by atoms with E-state index in [2.05, 4.69) is 41.1 Å². The normalized spacial score (nSPS) is 11.5. The Hall–Kier alpha value is -3.33. The zero-order valence-corrected chi connectivity index (χ0v) is 20.2. The van der Waals surface area contributed by atoms with Gasteiger partial charge in [0.05, 0.1) is 19.5 Å². The van der Waals surface area contributed by atoms with Crippen molar-refractivity contribution in [3.8, 4) is 28.6 Å². The minimum absolute atomic E-state index is 0.172. The van der Waals surface area contributed by atoms with Gasteiger partial charge in [-0.2, -0.15) is 4.98 Å². The first-order chi connectivity index (χ1) is 15.9. The summed E-state index contributed by atoms with van der Waals surface area (Å²) in [6, 6.07) is 15.6. The van der Waals surface area contributed by atoms with Crippen LogP contribution in [0.2, 0.25) is 0 Å². The highest BCUT2D eigenvalue weighted by Crippen LogP contribution is 2.32. The molecule has 0 radical (unpaired) electrons. The summed E-state index contributed by atoms with van der Waals surface area (Å²) < 4.78 is 18.5. The highest BCUT2D eigenvalue weighted by Gasteiger charge is 2.22. The van der Waals surface area contributed by atoms with Crippen molar-refractivity contribution in [3.63, 3.8) is 0 Å². The number of hydrogen-bond donors (Lipinski definition) is 0. The molecule has 0 bridgehead atoms. The minimum Gasteiger partial charge on any atom is -0.497 e. The molecule has 0 fully saturated rings. The van der Waals surface area contributed by atoms with E-state index in [0.717, 1.165) is 22.7 Å². The summed E-state index contributed by atoms with van der Waals surface area (Å²) in [5, 5.41) is 13.8. The van der Waals surface area contributed by atoms with E-state index in [1.807, 2.05) is 60.0 Å².